The molecule has 2 unspecified atom stereocenters. The van der Waals surface area contributed by atoms with Gasteiger partial charge in [-0.3, -0.25) is 4.79 Å². The molecular weight excluding hydrogens is 244 g/mol. The molecule has 1 heterocycles. The molecule has 1 saturated heterocycles. The Kier molecular flexibility index (Phi) is 5.86. The van der Waals surface area contributed by atoms with Gasteiger partial charge in [0, 0.05) is 33.1 Å². The molecule has 0 aromatic heterocycles. The Balaban J connectivity index is 2.56. The smallest absolute Gasteiger partial charge is 0.320 e. The summed E-state index contributed by atoms with van der Waals surface area (Å²) >= 11 is 0. The molecule has 0 aliphatic carbocycles. The SMILES string of the molecule is C=CCN(C)C(=O)N1CCCC(C(C)CC(=O)O)C1. The van der Waals surface area contributed by atoms with Crippen molar-refractivity contribution in [2.75, 3.05) is 26.7 Å². The first-order valence-corrected chi connectivity index (χ1v) is 6.78. The van der Waals surface area contributed by atoms with Gasteiger partial charge in [-0.2, -0.15) is 0 Å². The van der Waals surface area contributed by atoms with E-state index in [1.54, 1.807) is 18.0 Å². The summed E-state index contributed by atoms with van der Waals surface area (Å²) < 4.78 is 0. The van der Waals surface area contributed by atoms with Gasteiger partial charge < -0.3 is 14.9 Å². The van der Waals surface area contributed by atoms with Crippen LogP contribution in [0.4, 0.5) is 4.79 Å². The zero-order valence-electron chi connectivity index (χ0n) is 11.8. The van der Waals surface area contributed by atoms with Crippen LogP contribution in [0.1, 0.15) is 26.2 Å². The third-order valence-corrected chi connectivity index (χ3v) is 3.76. The molecule has 108 valence electrons. The van der Waals surface area contributed by atoms with Gasteiger partial charge in [-0.1, -0.05) is 13.0 Å². The fourth-order valence-electron chi connectivity index (χ4n) is 2.60. The fourth-order valence-corrected chi connectivity index (χ4v) is 2.60. The van der Waals surface area contributed by atoms with E-state index in [0.29, 0.717) is 13.1 Å². The summed E-state index contributed by atoms with van der Waals surface area (Å²) in [7, 11) is 1.76. The lowest BCUT2D eigenvalue weighted by atomic mass is 9.85. The lowest BCUT2D eigenvalue weighted by molar-refractivity contribution is -0.138. The largest absolute Gasteiger partial charge is 0.481 e. The van der Waals surface area contributed by atoms with Crippen LogP contribution in [-0.2, 0) is 4.79 Å². The monoisotopic (exact) mass is 268 g/mol. The van der Waals surface area contributed by atoms with E-state index in [1.807, 2.05) is 11.8 Å². The number of rotatable bonds is 5. The van der Waals surface area contributed by atoms with E-state index in [0.717, 1.165) is 19.4 Å². The quantitative estimate of drug-likeness (QED) is 0.776. The van der Waals surface area contributed by atoms with E-state index in [9.17, 15) is 9.59 Å². The number of likely N-dealkylation sites (tertiary alicyclic amines) is 1. The zero-order chi connectivity index (χ0) is 14.4. The van der Waals surface area contributed by atoms with Gasteiger partial charge in [0.15, 0.2) is 0 Å². The molecule has 1 aliphatic rings. The van der Waals surface area contributed by atoms with Crippen LogP contribution in [0.5, 0.6) is 0 Å². The van der Waals surface area contributed by atoms with Gasteiger partial charge in [-0.15, -0.1) is 6.58 Å². The van der Waals surface area contributed by atoms with E-state index in [1.165, 1.54) is 0 Å². The summed E-state index contributed by atoms with van der Waals surface area (Å²) in [6.45, 7) is 7.54. The number of carbonyl (C=O) groups excluding carboxylic acids is 1. The average Bonchev–Trinajstić information content (AvgIpc) is 2.37. The molecule has 19 heavy (non-hydrogen) atoms. The molecule has 0 bridgehead atoms. The summed E-state index contributed by atoms with van der Waals surface area (Å²) in [5.74, 6) is -0.372. The summed E-state index contributed by atoms with van der Waals surface area (Å²) in [5, 5.41) is 8.85. The predicted molar refractivity (Wildman–Crippen MR) is 73.9 cm³/mol. The number of carbonyl (C=O) groups is 2. The van der Waals surface area contributed by atoms with Crippen molar-refractivity contribution >= 4 is 12.0 Å². The van der Waals surface area contributed by atoms with Crippen LogP contribution in [0.15, 0.2) is 12.7 Å². The Labute approximate surface area is 114 Å². The number of amides is 2. The van der Waals surface area contributed by atoms with Gasteiger partial charge in [0.05, 0.1) is 0 Å². The minimum absolute atomic E-state index is 0.00660. The molecule has 2 amide bonds. The maximum absolute atomic E-state index is 12.2. The highest BCUT2D eigenvalue weighted by atomic mass is 16.4. The number of urea groups is 1. The van der Waals surface area contributed by atoms with Gasteiger partial charge >= 0.3 is 12.0 Å². The van der Waals surface area contributed by atoms with Crippen molar-refractivity contribution in [2.45, 2.75) is 26.2 Å². The van der Waals surface area contributed by atoms with E-state index in [2.05, 4.69) is 6.58 Å². The van der Waals surface area contributed by atoms with Crippen LogP contribution in [-0.4, -0.2) is 53.6 Å². The van der Waals surface area contributed by atoms with Crippen molar-refractivity contribution in [1.29, 1.82) is 0 Å². The number of hydrogen-bond acceptors (Lipinski definition) is 2. The number of piperidine rings is 1. The Hall–Kier alpha value is -1.52. The topological polar surface area (TPSA) is 60.9 Å². The first kappa shape index (κ1) is 15.5. The Morgan fingerprint density at radius 1 is 1.58 bits per heavy atom. The summed E-state index contributed by atoms with van der Waals surface area (Å²) in [5.41, 5.74) is 0. The molecule has 0 saturated carbocycles. The molecular formula is C14H24N2O3. The minimum atomic E-state index is -0.764. The predicted octanol–water partition coefficient (Wildman–Crippen LogP) is 2.05. The minimum Gasteiger partial charge on any atom is -0.481 e. The molecule has 1 rings (SSSR count). The number of likely N-dealkylation sites (N-methyl/N-ethyl adjacent to an activating group) is 1. The van der Waals surface area contributed by atoms with Crippen molar-refractivity contribution in [2.24, 2.45) is 11.8 Å². The lowest BCUT2D eigenvalue weighted by Gasteiger charge is -2.37. The molecule has 0 radical (unpaired) electrons. The molecule has 2 atom stereocenters. The van der Waals surface area contributed by atoms with Crippen LogP contribution in [0.2, 0.25) is 0 Å². The van der Waals surface area contributed by atoms with Crippen LogP contribution in [0.25, 0.3) is 0 Å². The molecule has 5 nitrogen and oxygen atoms in total. The van der Waals surface area contributed by atoms with Crippen LogP contribution >= 0.6 is 0 Å². The van der Waals surface area contributed by atoms with E-state index >= 15 is 0 Å². The molecule has 0 aromatic carbocycles. The van der Waals surface area contributed by atoms with Crippen LogP contribution < -0.4 is 0 Å². The number of aliphatic carboxylic acids is 1. The summed E-state index contributed by atoms with van der Waals surface area (Å²) in [6.07, 6.45) is 3.83. The van der Waals surface area contributed by atoms with Gasteiger partial charge in [-0.05, 0) is 24.7 Å². The molecule has 0 spiro atoms. The van der Waals surface area contributed by atoms with Crippen LogP contribution in [0.3, 0.4) is 0 Å². The Bertz CT molecular complexity index is 344. The first-order chi connectivity index (χ1) is 8.95. The summed E-state index contributed by atoms with van der Waals surface area (Å²) in [6, 6.07) is 0.00660. The lowest BCUT2D eigenvalue weighted by Crippen LogP contribution is -2.47. The van der Waals surface area contributed by atoms with E-state index in [4.69, 9.17) is 5.11 Å². The van der Waals surface area contributed by atoms with Gasteiger partial charge in [0.1, 0.15) is 0 Å². The second kappa shape index (κ2) is 7.16. The number of carboxylic acid groups (broad SMARTS) is 1. The van der Waals surface area contributed by atoms with Gasteiger partial charge in [-0.25, -0.2) is 4.79 Å². The van der Waals surface area contributed by atoms with E-state index < -0.39 is 5.97 Å². The van der Waals surface area contributed by atoms with Gasteiger partial charge in [0.2, 0.25) is 0 Å². The number of hydrogen-bond donors (Lipinski definition) is 1. The molecule has 1 N–H and O–H groups in total. The molecule has 0 aromatic rings. The van der Waals surface area contributed by atoms with Crippen molar-refractivity contribution in [3.8, 4) is 0 Å². The highest BCUT2D eigenvalue weighted by molar-refractivity contribution is 5.74. The normalized spacial score (nSPS) is 20.7. The molecule has 5 heteroatoms. The highest BCUT2D eigenvalue weighted by Gasteiger charge is 2.29. The molecule has 1 fully saturated rings. The van der Waals surface area contributed by atoms with Crippen LogP contribution in [0, 0.1) is 11.8 Å². The Morgan fingerprint density at radius 3 is 2.84 bits per heavy atom. The van der Waals surface area contributed by atoms with Gasteiger partial charge in [0.25, 0.3) is 0 Å². The number of carboxylic acids is 1. The maximum Gasteiger partial charge on any atom is 0.320 e. The second-order valence-electron chi connectivity index (χ2n) is 5.38. The standard InChI is InChI=1S/C14H24N2O3/c1-4-7-15(3)14(19)16-8-5-6-12(10-16)11(2)9-13(17)18/h4,11-12H,1,5-10H2,2-3H3,(H,17,18). The highest BCUT2D eigenvalue weighted by Crippen LogP contribution is 2.26. The van der Waals surface area contributed by atoms with E-state index in [-0.39, 0.29) is 24.3 Å². The first-order valence-electron chi connectivity index (χ1n) is 6.78. The zero-order valence-corrected chi connectivity index (χ0v) is 11.8. The average molecular weight is 268 g/mol. The third kappa shape index (κ3) is 4.58. The second-order valence-corrected chi connectivity index (χ2v) is 5.38. The Morgan fingerprint density at radius 2 is 2.26 bits per heavy atom. The van der Waals surface area contributed by atoms with Crippen molar-refractivity contribution in [1.82, 2.24) is 9.80 Å². The van der Waals surface area contributed by atoms with Crippen molar-refractivity contribution in [3.05, 3.63) is 12.7 Å². The third-order valence-electron chi connectivity index (χ3n) is 3.76. The summed E-state index contributed by atoms with van der Waals surface area (Å²) in [4.78, 5) is 26.4. The molecule has 1 aliphatic heterocycles. The van der Waals surface area contributed by atoms with Crippen molar-refractivity contribution in [3.63, 3.8) is 0 Å². The fraction of sp³-hybridized carbons (Fsp3) is 0.714. The van der Waals surface area contributed by atoms with Crippen molar-refractivity contribution < 1.29 is 14.7 Å². The maximum atomic E-state index is 12.2. The number of nitrogens with zero attached hydrogens (tertiary/aromatic N) is 2.